The van der Waals surface area contributed by atoms with Gasteiger partial charge in [-0.2, -0.15) is 5.26 Å². The van der Waals surface area contributed by atoms with E-state index >= 15 is 0 Å². The summed E-state index contributed by atoms with van der Waals surface area (Å²) in [6.07, 6.45) is 2.62. The van der Waals surface area contributed by atoms with Gasteiger partial charge in [-0.25, -0.2) is 13.1 Å². The third kappa shape index (κ3) is 4.74. The quantitative estimate of drug-likeness (QED) is 0.739. The smallest absolute Gasteiger partial charge is 0.250 e. The lowest BCUT2D eigenvalue weighted by Gasteiger charge is -2.04. The van der Waals surface area contributed by atoms with E-state index in [0.29, 0.717) is 18.0 Å². The number of ether oxygens (including phenoxy) is 1. The topological polar surface area (TPSA) is 79.2 Å². The molecule has 1 aromatic heterocycles. The highest BCUT2D eigenvalue weighted by molar-refractivity contribution is 7.91. The van der Waals surface area contributed by atoms with Gasteiger partial charge in [0.15, 0.2) is 0 Å². The lowest BCUT2D eigenvalue weighted by atomic mass is 10.2. The molecule has 0 saturated carbocycles. The fraction of sp³-hybridized carbons (Fsp3) is 0.545. The highest BCUT2D eigenvalue weighted by Crippen LogP contribution is 2.20. The van der Waals surface area contributed by atoms with Crippen molar-refractivity contribution in [3.8, 4) is 6.07 Å². The summed E-state index contributed by atoms with van der Waals surface area (Å²) in [5, 5.41) is 8.65. The molecular weight excluding hydrogens is 272 g/mol. The molecule has 0 aromatic carbocycles. The Morgan fingerprint density at radius 1 is 1.39 bits per heavy atom. The van der Waals surface area contributed by atoms with Gasteiger partial charge in [0.2, 0.25) is 10.0 Å². The summed E-state index contributed by atoms with van der Waals surface area (Å²) in [6, 6.07) is 4.89. The second-order valence-electron chi connectivity index (χ2n) is 3.68. The number of unbranched alkanes of at least 4 members (excludes halogenated alkanes) is 2. The molecule has 7 heteroatoms. The van der Waals surface area contributed by atoms with Gasteiger partial charge in [-0.3, -0.25) is 0 Å². The molecule has 0 aliphatic rings. The highest BCUT2D eigenvalue weighted by atomic mass is 32.2. The molecular formula is C11H16N2O3S2. The molecule has 0 radical (unpaired) electrons. The zero-order chi connectivity index (χ0) is 13.4. The van der Waals surface area contributed by atoms with Crippen LogP contribution in [0.3, 0.4) is 0 Å². The zero-order valence-electron chi connectivity index (χ0n) is 10.2. The fourth-order valence-corrected chi connectivity index (χ4v) is 3.57. The molecule has 100 valence electrons. The number of nitrogens with one attached hydrogen (secondary N) is 1. The lowest BCUT2D eigenvalue weighted by Crippen LogP contribution is -2.24. The molecule has 0 bridgehead atoms. The predicted octanol–water partition coefficient (Wildman–Crippen LogP) is 1.71. The van der Waals surface area contributed by atoms with Crippen LogP contribution in [-0.2, 0) is 14.8 Å². The van der Waals surface area contributed by atoms with Crippen LogP contribution in [0.2, 0.25) is 0 Å². The zero-order valence-corrected chi connectivity index (χ0v) is 11.8. The Bertz CT molecular complexity index is 503. The Balaban J connectivity index is 2.39. The van der Waals surface area contributed by atoms with Crippen molar-refractivity contribution in [2.75, 3.05) is 20.3 Å². The van der Waals surface area contributed by atoms with Gasteiger partial charge in [0, 0.05) is 20.3 Å². The maximum atomic E-state index is 11.8. The first-order valence-corrected chi connectivity index (χ1v) is 7.88. The van der Waals surface area contributed by atoms with E-state index in [1.807, 2.05) is 6.07 Å². The number of hydrogen-bond donors (Lipinski definition) is 1. The van der Waals surface area contributed by atoms with Gasteiger partial charge in [-0.05, 0) is 31.4 Å². The van der Waals surface area contributed by atoms with Crippen LogP contribution in [0.5, 0.6) is 0 Å². The van der Waals surface area contributed by atoms with Gasteiger partial charge >= 0.3 is 0 Å². The number of nitriles is 1. The van der Waals surface area contributed by atoms with Gasteiger partial charge in [0.25, 0.3) is 0 Å². The van der Waals surface area contributed by atoms with Gasteiger partial charge in [0.05, 0.1) is 0 Å². The number of sulfonamides is 1. The summed E-state index contributed by atoms with van der Waals surface area (Å²) in [4.78, 5) is 0.399. The Morgan fingerprint density at radius 3 is 2.78 bits per heavy atom. The molecule has 18 heavy (non-hydrogen) atoms. The van der Waals surface area contributed by atoms with Crippen molar-refractivity contribution in [3.63, 3.8) is 0 Å². The maximum Gasteiger partial charge on any atom is 0.250 e. The van der Waals surface area contributed by atoms with E-state index in [0.717, 1.165) is 30.6 Å². The first-order chi connectivity index (χ1) is 8.60. The number of methoxy groups -OCH3 is 1. The van der Waals surface area contributed by atoms with E-state index in [9.17, 15) is 8.42 Å². The highest BCUT2D eigenvalue weighted by Gasteiger charge is 2.15. The normalized spacial score (nSPS) is 11.3. The number of rotatable bonds is 8. The van der Waals surface area contributed by atoms with Crippen molar-refractivity contribution >= 4 is 21.4 Å². The van der Waals surface area contributed by atoms with Gasteiger partial charge in [-0.15, -0.1) is 11.3 Å². The second-order valence-corrected chi connectivity index (χ2v) is 6.76. The summed E-state index contributed by atoms with van der Waals surface area (Å²) in [6.45, 7) is 1.11. The van der Waals surface area contributed by atoms with Crippen molar-refractivity contribution in [3.05, 3.63) is 17.0 Å². The van der Waals surface area contributed by atoms with E-state index in [2.05, 4.69) is 4.72 Å². The van der Waals surface area contributed by atoms with Crippen molar-refractivity contribution in [2.45, 2.75) is 23.5 Å². The Kier molecular flexibility index (Phi) is 6.29. The largest absolute Gasteiger partial charge is 0.385 e. The van der Waals surface area contributed by atoms with E-state index in [1.54, 1.807) is 7.11 Å². The van der Waals surface area contributed by atoms with Gasteiger partial charge < -0.3 is 4.74 Å². The van der Waals surface area contributed by atoms with Crippen molar-refractivity contribution in [2.24, 2.45) is 0 Å². The van der Waals surface area contributed by atoms with E-state index in [-0.39, 0.29) is 4.21 Å². The minimum atomic E-state index is -3.46. The predicted molar refractivity (Wildman–Crippen MR) is 69.9 cm³/mol. The molecule has 1 rings (SSSR count). The van der Waals surface area contributed by atoms with E-state index < -0.39 is 10.0 Å². The molecule has 1 aromatic rings. The summed E-state index contributed by atoms with van der Waals surface area (Å²) in [5.74, 6) is 0. The maximum absolute atomic E-state index is 11.8. The molecule has 0 atom stereocenters. The average molecular weight is 288 g/mol. The molecule has 1 N–H and O–H groups in total. The van der Waals surface area contributed by atoms with Gasteiger partial charge in [0.1, 0.15) is 15.2 Å². The molecule has 0 aliphatic heterocycles. The average Bonchev–Trinajstić information content (AvgIpc) is 2.83. The molecule has 0 saturated heterocycles. The Morgan fingerprint density at radius 2 is 2.17 bits per heavy atom. The van der Waals surface area contributed by atoms with Gasteiger partial charge in [-0.1, -0.05) is 0 Å². The lowest BCUT2D eigenvalue weighted by molar-refractivity contribution is 0.192. The van der Waals surface area contributed by atoms with Crippen LogP contribution >= 0.6 is 11.3 Å². The van der Waals surface area contributed by atoms with Crippen LogP contribution in [0.4, 0.5) is 0 Å². The molecule has 0 unspecified atom stereocenters. The van der Waals surface area contributed by atoms with E-state index in [4.69, 9.17) is 10.00 Å². The molecule has 5 nitrogen and oxygen atoms in total. The van der Waals surface area contributed by atoms with Crippen LogP contribution in [0.15, 0.2) is 16.3 Å². The Labute approximate surface area is 111 Å². The van der Waals surface area contributed by atoms with Crippen molar-refractivity contribution < 1.29 is 13.2 Å². The molecule has 0 amide bonds. The Hall–Kier alpha value is -0.940. The second kappa shape index (κ2) is 7.48. The van der Waals surface area contributed by atoms with Crippen molar-refractivity contribution in [1.29, 1.82) is 5.26 Å². The van der Waals surface area contributed by atoms with Crippen LogP contribution < -0.4 is 4.72 Å². The monoisotopic (exact) mass is 288 g/mol. The fourth-order valence-electron chi connectivity index (χ4n) is 1.35. The summed E-state index contributed by atoms with van der Waals surface area (Å²) in [5.41, 5.74) is 0. The molecule has 0 aliphatic carbocycles. The third-order valence-electron chi connectivity index (χ3n) is 2.27. The minimum Gasteiger partial charge on any atom is -0.385 e. The first kappa shape index (κ1) is 15.1. The third-order valence-corrected chi connectivity index (χ3v) is 5.22. The SMILES string of the molecule is COCCCCCNS(=O)(=O)c1ccc(C#N)s1. The number of hydrogen-bond acceptors (Lipinski definition) is 5. The number of nitrogens with zero attached hydrogens (tertiary/aromatic N) is 1. The summed E-state index contributed by atoms with van der Waals surface area (Å²) >= 11 is 0.980. The number of thiophene rings is 1. The first-order valence-electron chi connectivity index (χ1n) is 5.58. The summed E-state index contributed by atoms with van der Waals surface area (Å²) < 4.78 is 31.2. The van der Waals surface area contributed by atoms with Crippen LogP contribution in [0.25, 0.3) is 0 Å². The standard InChI is InChI=1S/C11H16N2O3S2/c1-16-8-4-2-3-7-13-18(14,15)11-6-5-10(9-12)17-11/h5-6,13H,2-4,7-8H2,1H3. The molecule has 0 spiro atoms. The minimum absolute atomic E-state index is 0.191. The molecule has 1 heterocycles. The van der Waals surface area contributed by atoms with E-state index in [1.165, 1.54) is 12.1 Å². The van der Waals surface area contributed by atoms with Crippen molar-refractivity contribution in [1.82, 2.24) is 4.72 Å². The van der Waals surface area contributed by atoms with Crippen LogP contribution in [0, 0.1) is 11.3 Å². The molecule has 0 fully saturated rings. The van der Waals surface area contributed by atoms with Crippen LogP contribution in [0.1, 0.15) is 24.1 Å². The summed E-state index contributed by atoms with van der Waals surface area (Å²) in [7, 11) is -1.81. The van der Waals surface area contributed by atoms with Crippen LogP contribution in [-0.4, -0.2) is 28.7 Å².